The summed E-state index contributed by atoms with van der Waals surface area (Å²) in [7, 11) is 1.25. The molecule has 1 aromatic carbocycles. The number of rotatable bonds is 9. The molecule has 1 aliphatic heterocycles. The van der Waals surface area contributed by atoms with Crippen LogP contribution in [0, 0.1) is 5.92 Å². The molecule has 2 atom stereocenters. The third-order valence-corrected chi connectivity index (χ3v) is 6.71. The van der Waals surface area contributed by atoms with Gasteiger partial charge in [0, 0.05) is 19.0 Å². The number of para-hydroxylation sites is 1. The number of ether oxygens (including phenoxy) is 1. The van der Waals surface area contributed by atoms with Gasteiger partial charge in [-0.1, -0.05) is 25.0 Å². The predicted octanol–water partition coefficient (Wildman–Crippen LogP) is 2.53. The maximum atomic E-state index is 13.4. The maximum Gasteiger partial charge on any atom is 0.339 e. The van der Waals surface area contributed by atoms with Crippen molar-refractivity contribution in [3.8, 4) is 0 Å². The number of amides is 5. The highest BCUT2D eigenvalue weighted by Gasteiger charge is 2.47. The third kappa shape index (κ3) is 5.99. The van der Waals surface area contributed by atoms with Gasteiger partial charge in [-0.25, -0.2) is 9.59 Å². The summed E-state index contributed by atoms with van der Waals surface area (Å²) in [5.74, 6) is -1.56. The molecule has 0 radical (unpaired) electrons. The molecule has 1 saturated carbocycles. The Kier molecular flexibility index (Phi) is 8.22. The van der Waals surface area contributed by atoms with Crippen molar-refractivity contribution in [2.24, 2.45) is 5.92 Å². The van der Waals surface area contributed by atoms with E-state index in [2.05, 4.69) is 10.6 Å². The fourth-order valence-electron chi connectivity index (χ4n) is 4.88. The van der Waals surface area contributed by atoms with Crippen LogP contribution in [0.5, 0.6) is 0 Å². The van der Waals surface area contributed by atoms with Gasteiger partial charge >= 0.3 is 12.0 Å². The van der Waals surface area contributed by atoms with E-state index in [1.807, 2.05) is 0 Å². The van der Waals surface area contributed by atoms with Crippen molar-refractivity contribution >= 4 is 35.4 Å². The van der Waals surface area contributed by atoms with E-state index in [9.17, 15) is 24.0 Å². The van der Waals surface area contributed by atoms with Gasteiger partial charge in [-0.2, -0.15) is 0 Å². The summed E-state index contributed by atoms with van der Waals surface area (Å²) in [6.45, 7) is -0.171. The van der Waals surface area contributed by atoms with Crippen LogP contribution in [0.15, 0.2) is 47.1 Å². The monoisotopic (exact) mass is 510 g/mol. The topological polar surface area (TPSA) is 138 Å². The fraction of sp³-hybridized carbons (Fsp3) is 0.423. The molecule has 11 nitrogen and oxygen atoms in total. The molecule has 2 aliphatic rings. The summed E-state index contributed by atoms with van der Waals surface area (Å²) in [6, 6.07) is 8.88. The Morgan fingerprint density at radius 2 is 1.84 bits per heavy atom. The van der Waals surface area contributed by atoms with Gasteiger partial charge in [-0.3, -0.25) is 19.3 Å². The van der Waals surface area contributed by atoms with Gasteiger partial charge < -0.3 is 24.7 Å². The van der Waals surface area contributed by atoms with E-state index in [0.29, 0.717) is 18.6 Å². The van der Waals surface area contributed by atoms with Crippen LogP contribution >= 0.6 is 0 Å². The predicted molar refractivity (Wildman–Crippen MR) is 131 cm³/mol. The number of benzene rings is 1. The van der Waals surface area contributed by atoms with E-state index in [4.69, 9.17) is 9.15 Å². The molecule has 11 heteroatoms. The Morgan fingerprint density at radius 1 is 1.05 bits per heavy atom. The van der Waals surface area contributed by atoms with Crippen LogP contribution in [0.1, 0.15) is 48.2 Å². The van der Waals surface area contributed by atoms with Gasteiger partial charge in [0.15, 0.2) is 0 Å². The van der Waals surface area contributed by atoms with Crippen molar-refractivity contribution in [1.82, 2.24) is 15.1 Å². The van der Waals surface area contributed by atoms with Crippen molar-refractivity contribution in [2.45, 2.75) is 44.7 Å². The van der Waals surface area contributed by atoms with Crippen LogP contribution < -0.4 is 10.6 Å². The van der Waals surface area contributed by atoms with Crippen LogP contribution in [0.25, 0.3) is 0 Å². The Labute approximate surface area is 214 Å². The second kappa shape index (κ2) is 11.7. The van der Waals surface area contributed by atoms with Crippen LogP contribution in [0.2, 0.25) is 0 Å². The largest absolute Gasteiger partial charge is 0.467 e. The SMILES string of the molecule is COC(=O)c1ccccc1NC(=O)CN1C(=O)N(CCC(=O)NCc2ccco2)C(=O)C2CCCCC21. The highest BCUT2D eigenvalue weighted by molar-refractivity contribution is 6.04. The number of anilines is 1. The molecule has 5 amide bonds. The molecular formula is C26H30N4O7. The Morgan fingerprint density at radius 3 is 2.59 bits per heavy atom. The first-order valence-electron chi connectivity index (χ1n) is 12.3. The number of carbonyl (C=O) groups is 5. The zero-order valence-electron chi connectivity index (χ0n) is 20.6. The van der Waals surface area contributed by atoms with Crippen molar-refractivity contribution < 1.29 is 33.1 Å². The van der Waals surface area contributed by atoms with Crippen LogP contribution in [-0.4, -0.2) is 65.8 Å². The quantitative estimate of drug-likeness (QED) is 0.494. The number of imide groups is 1. The molecule has 0 bridgehead atoms. The molecule has 37 heavy (non-hydrogen) atoms. The molecule has 2 aromatic rings. The number of methoxy groups -OCH3 is 1. The summed E-state index contributed by atoms with van der Waals surface area (Å²) in [5.41, 5.74) is 0.460. The minimum atomic E-state index is -0.598. The number of carbonyl (C=O) groups excluding carboxylic acids is 5. The van der Waals surface area contributed by atoms with Crippen LogP contribution in [-0.2, 0) is 25.7 Å². The second-order valence-electron chi connectivity index (χ2n) is 9.05. The van der Waals surface area contributed by atoms with E-state index in [-0.39, 0.29) is 55.2 Å². The van der Waals surface area contributed by atoms with Gasteiger partial charge in [-0.05, 0) is 37.1 Å². The Hall–Kier alpha value is -4.15. The van der Waals surface area contributed by atoms with Crippen molar-refractivity contribution in [1.29, 1.82) is 0 Å². The van der Waals surface area contributed by atoms with E-state index in [1.165, 1.54) is 24.3 Å². The lowest BCUT2D eigenvalue weighted by Crippen LogP contribution is -2.63. The molecule has 2 unspecified atom stereocenters. The van der Waals surface area contributed by atoms with Gasteiger partial charge in [0.2, 0.25) is 17.7 Å². The van der Waals surface area contributed by atoms with E-state index < -0.39 is 23.8 Å². The van der Waals surface area contributed by atoms with Gasteiger partial charge in [0.1, 0.15) is 12.3 Å². The number of fused-ring (bicyclic) bond motifs is 1. The average Bonchev–Trinajstić information content (AvgIpc) is 3.43. The second-order valence-corrected chi connectivity index (χ2v) is 9.05. The van der Waals surface area contributed by atoms with Crippen molar-refractivity contribution in [3.05, 3.63) is 54.0 Å². The first-order valence-corrected chi connectivity index (χ1v) is 12.3. The first kappa shape index (κ1) is 25.9. The zero-order chi connectivity index (χ0) is 26.4. The number of furan rings is 1. The normalized spacial score (nSPS) is 19.3. The first-order chi connectivity index (χ1) is 17.9. The Bertz CT molecular complexity index is 1160. The fourth-order valence-corrected chi connectivity index (χ4v) is 4.88. The highest BCUT2D eigenvalue weighted by atomic mass is 16.5. The number of esters is 1. The summed E-state index contributed by atoms with van der Waals surface area (Å²) in [4.78, 5) is 66.4. The molecule has 1 aliphatic carbocycles. The molecule has 1 saturated heterocycles. The smallest absolute Gasteiger partial charge is 0.339 e. The molecule has 2 heterocycles. The lowest BCUT2D eigenvalue weighted by Gasteiger charge is -2.46. The van der Waals surface area contributed by atoms with E-state index >= 15 is 0 Å². The van der Waals surface area contributed by atoms with Gasteiger partial charge in [0.25, 0.3) is 0 Å². The third-order valence-electron chi connectivity index (χ3n) is 6.71. The molecule has 1 aromatic heterocycles. The molecular weight excluding hydrogens is 480 g/mol. The van der Waals surface area contributed by atoms with Gasteiger partial charge in [-0.15, -0.1) is 0 Å². The number of nitrogens with one attached hydrogen (secondary N) is 2. The molecule has 2 fully saturated rings. The molecule has 196 valence electrons. The summed E-state index contributed by atoms with van der Waals surface area (Å²) >= 11 is 0. The van der Waals surface area contributed by atoms with E-state index in [1.54, 1.807) is 30.3 Å². The summed E-state index contributed by atoms with van der Waals surface area (Å²) in [6.07, 6.45) is 4.37. The number of hydrogen-bond donors (Lipinski definition) is 2. The van der Waals surface area contributed by atoms with Crippen molar-refractivity contribution in [3.63, 3.8) is 0 Å². The average molecular weight is 511 g/mol. The molecule has 4 rings (SSSR count). The summed E-state index contributed by atoms with van der Waals surface area (Å²) < 4.78 is 9.96. The van der Waals surface area contributed by atoms with Crippen LogP contribution in [0.3, 0.4) is 0 Å². The number of nitrogens with zero attached hydrogens (tertiary/aromatic N) is 2. The maximum absolute atomic E-state index is 13.4. The van der Waals surface area contributed by atoms with Crippen LogP contribution in [0.4, 0.5) is 10.5 Å². The highest BCUT2D eigenvalue weighted by Crippen LogP contribution is 2.34. The minimum Gasteiger partial charge on any atom is -0.467 e. The number of hydrogen-bond acceptors (Lipinski definition) is 7. The molecule has 2 N–H and O–H groups in total. The lowest BCUT2D eigenvalue weighted by molar-refractivity contribution is -0.142. The number of urea groups is 1. The summed E-state index contributed by atoms with van der Waals surface area (Å²) in [5, 5.41) is 5.39. The molecule has 0 spiro atoms. The minimum absolute atomic E-state index is 0.0673. The Balaban J connectivity index is 1.43. The lowest BCUT2D eigenvalue weighted by atomic mass is 9.81. The van der Waals surface area contributed by atoms with E-state index in [0.717, 1.165) is 17.7 Å². The van der Waals surface area contributed by atoms with Crippen molar-refractivity contribution in [2.75, 3.05) is 25.5 Å². The van der Waals surface area contributed by atoms with Gasteiger partial charge in [0.05, 0.1) is 37.1 Å². The zero-order valence-corrected chi connectivity index (χ0v) is 20.6. The standard InChI is InChI=1S/C26H30N4O7/c1-36-25(34)18-8-2-4-10-20(18)28-23(32)16-30-21-11-5-3-9-19(21)24(33)29(26(30)35)13-12-22(31)27-15-17-7-6-14-37-17/h2,4,6-8,10,14,19,21H,3,5,9,11-13,15-16H2,1H3,(H,27,31)(H,28,32).